The van der Waals surface area contributed by atoms with Crippen molar-refractivity contribution in [2.45, 2.75) is 25.9 Å². The van der Waals surface area contributed by atoms with Crippen LogP contribution in [0.1, 0.15) is 40.7 Å². The van der Waals surface area contributed by atoms with Crippen LogP contribution in [0.5, 0.6) is 11.5 Å². The summed E-state index contributed by atoms with van der Waals surface area (Å²) in [7, 11) is 1.63. The summed E-state index contributed by atoms with van der Waals surface area (Å²) in [5.74, 6) is 1.43. The summed E-state index contributed by atoms with van der Waals surface area (Å²) in [6, 6.07) is 23.2. The van der Waals surface area contributed by atoms with Gasteiger partial charge in [0.25, 0.3) is 5.91 Å². The lowest BCUT2D eigenvalue weighted by Gasteiger charge is -2.26. The second kappa shape index (κ2) is 10.6. The second-order valence-electron chi connectivity index (χ2n) is 7.84. The number of amides is 1. The van der Waals surface area contributed by atoms with Gasteiger partial charge in [0.05, 0.1) is 12.8 Å². The summed E-state index contributed by atoms with van der Waals surface area (Å²) < 4.78 is 11.5. The third-order valence-electron chi connectivity index (χ3n) is 5.55. The molecule has 3 aromatic carbocycles. The Labute approximate surface area is 189 Å². The van der Waals surface area contributed by atoms with Gasteiger partial charge in [0.2, 0.25) is 0 Å². The Morgan fingerprint density at radius 1 is 0.938 bits per heavy atom. The third kappa shape index (κ3) is 5.55. The zero-order chi connectivity index (χ0) is 22.2. The van der Waals surface area contributed by atoms with Crippen LogP contribution in [-0.2, 0) is 6.61 Å². The molecular formula is C27H28N2O3. The lowest BCUT2D eigenvalue weighted by atomic mass is 10.1. The lowest BCUT2D eigenvalue weighted by molar-refractivity contribution is 0.0724. The number of hydrogen-bond donors (Lipinski definition) is 0. The van der Waals surface area contributed by atoms with Crippen LogP contribution in [0.3, 0.4) is 0 Å². The molecule has 0 bridgehead atoms. The highest BCUT2D eigenvalue weighted by Gasteiger charge is 2.17. The minimum absolute atomic E-state index is 0.117. The van der Waals surface area contributed by atoms with Crippen LogP contribution in [0.4, 0.5) is 5.69 Å². The molecule has 5 nitrogen and oxygen atoms in total. The Hall–Kier alpha value is -3.60. The van der Waals surface area contributed by atoms with Gasteiger partial charge in [-0.2, -0.15) is 0 Å². The number of nitrogens with zero attached hydrogens (tertiary/aromatic N) is 2. The van der Waals surface area contributed by atoms with E-state index in [-0.39, 0.29) is 5.91 Å². The number of benzene rings is 3. The number of carbonyl (C=O) groups excluding carboxylic acids is 1. The molecule has 3 aromatic rings. The Morgan fingerprint density at radius 2 is 1.69 bits per heavy atom. The quantitative estimate of drug-likeness (QED) is 0.457. The van der Waals surface area contributed by atoms with Gasteiger partial charge < -0.3 is 14.4 Å². The van der Waals surface area contributed by atoms with Crippen molar-refractivity contribution in [3.63, 3.8) is 0 Å². The van der Waals surface area contributed by atoms with Gasteiger partial charge in [-0.25, -0.2) is 0 Å². The van der Waals surface area contributed by atoms with Gasteiger partial charge in [-0.3, -0.25) is 9.79 Å². The molecule has 0 unspecified atom stereocenters. The molecule has 0 aliphatic carbocycles. The summed E-state index contributed by atoms with van der Waals surface area (Å²) in [6.07, 6.45) is 5.21. The number of hydrogen-bond acceptors (Lipinski definition) is 4. The predicted octanol–water partition coefficient (Wildman–Crippen LogP) is 5.65. The number of aliphatic imine (C=N–C) groups is 1. The van der Waals surface area contributed by atoms with E-state index in [1.165, 1.54) is 6.42 Å². The van der Waals surface area contributed by atoms with Crippen molar-refractivity contribution >= 4 is 17.8 Å². The predicted molar refractivity (Wildman–Crippen MR) is 127 cm³/mol. The number of likely N-dealkylation sites (tertiary alicyclic amines) is 1. The first-order valence-electron chi connectivity index (χ1n) is 11.0. The van der Waals surface area contributed by atoms with Crippen molar-refractivity contribution in [1.29, 1.82) is 0 Å². The monoisotopic (exact) mass is 428 g/mol. The molecule has 164 valence electrons. The van der Waals surface area contributed by atoms with Crippen molar-refractivity contribution in [2.24, 2.45) is 4.99 Å². The average Bonchev–Trinajstić information content (AvgIpc) is 2.87. The summed E-state index contributed by atoms with van der Waals surface area (Å²) >= 11 is 0. The normalized spacial score (nSPS) is 13.8. The fraction of sp³-hybridized carbons (Fsp3) is 0.259. The molecule has 1 heterocycles. The van der Waals surface area contributed by atoms with E-state index in [1.807, 2.05) is 77.7 Å². The van der Waals surface area contributed by atoms with E-state index >= 15 is 0 Å². The van der Waals surface area contributed by atoms with Crippen molar-refractivity contribution in [3.8, 4) is 11.5 Å². The van der Waals surface area contributed by atoms with E-state index in [4.69, 9.17) is 9.47 Å². The number of piperidine rings is 1. The molecule has 1 amide bonds. The molecule has 0 saturated carbocycles. The van der Waals surface area contributed by atoms with Crippen molar-refractivity contribution in [1.82, 2.24) is 4.90 Å². The topological polar surface area (TPSA) is 51.1 Å². The molecule has 0 aromatic heterocycles. The maximum Gasteiger partial charge on any atom is 0.253 e. The van der Waals surface area contributed by atoms with Crippen LogP contribution < -0.4 is 9.47 Å². The molecule has 32 heavy (non-hydrogen) atoms. The van der Waals surface area contributed by atoms with Gasteiger partial charge >= 0.3 is 0 Å². The largest absolute Gasteiger partial charge is 0.493 e. The zero-order valence-electron chi connectivity index (χ0n) is 18.4. The van der Waals surface area contributed by atoms with Crippen LogP contribution in [0.15, 0.2) is 77.8 Å². The molecule has 1 aliphatic heterocycles. The van der Waals surface area contributed by atoms with Gasteiger partial charge in [-0.05, 0) is 72.9 Å². The molecule has 0 spiro atoms. The molecule has 1 saturated heterocycles. The summed E-state index contributed by atoms with van der Waals surface area (Å²) in [6.45, 7) is 2.11. The Balaban J connectivity index is 1.37. The van der Waals surface area contributed by atoms with Crippen LogP contribution >= 0.6 is 0 Å². The smallest absolute Gasteiger partial charge is 0.253 e. The number of methoxy groups -OCH3 is 1. The van der Waals surface area contributed by atoms with Gasteiger partial charge in [0.1, 0.15) is 6.61 Å². The van der Waals surface area contributed by atoms with Crippen LogP contribution in [0.2, 0.25) is 0 Å². The number of ether oxygens (including phenoxy) is 2. The Morgan fingerprint density at radius 3 is 2.41 bits per heavy atom. The van der Waals surface area contributed by atoms with Crippen molar-refractivity contribution in [2.75, 3.05) is 20.2 Å². The maximum absolute atomic E-state index is 12.6. The molecule has 5 heteroatoms. The van der Waals surface area contributed by atoms with Crippen LogP contribution in [0, 0.1) is 0 Å². The van der Waals surface area contributed by atoms with E-state index in [0.29, 0.717) is 18.1 Å². The highest BCUT2D eigenvalue weighted by molar-refractivity contribution is 5.94. The van der Waals surface area contributed by atoms with E-state index in [0.717, 1.165) is 48.3 Å². The Kier molecular flexibility index (Phi) is 7.18. The molecule has 0 radical (unpaired) electrons. The first kappa shape index (κ1) is 21.6. The van der Waals surface area contributed by atoms with Crippen molar-refractivity contribution in [3.05, 3.63) is 89.5 Å². The maximum atomic E-state index is 12.6. The summed E-state index contributed by atoms with van der Waals surface area (Å²) in [5.41, 5.74) is 3.56. The highest BCUT2D eigenvalue weighted by Crippen LogP contribution is 2.28. The summed E-state index contributed by atoms with van der Waals surface area (Å²) in [4.78, 5) is 19.0. The van der Waals surface area contributed by atoms with Crippen LogP contribution in [-0.4, -0.2) is 37.2 Å². The lowest BCUT2D eigenvalue weighted by Crippen LogP contribution is -2.35. The van der Waals surface area contributed by atoms with E-state index in [9.17, 15) is 4.79 Å². The molecule has 4 rings (SSSR count). The minimum atomic E-state index is 0.117. The van der Waals surface area contributed by atoms with E-state index in [2.05, 4.69) is 4.99 Å². The standard InChI is InChI=1S/C27H28N2O3/c1-31-26-18-22(19-28-24-8-4-2-5-9-24)12-15-25(26)32-20-21-10-13-23(14-11-21)27(30)29-16-6-3-7-17-29/h2,4-5,8-15,18-19H,3,6-7,16-17,20H2,1H3. The fourth-order valence-corrected chi connectivity index (χ4v) is 3.73. The van der Waals surface area contributed by atoms with Gasteiger partial charge in [-0.15, -0.1) is 0 Å². The fourth-order valence-electron chi connectivity index (χ4n) is 3.73. The number of para-hydroxylation sites is 1. The van der Waals surface area contributed by atoms with Crippen LogP contribution in [0.25, 0.3) is 0 Å². The molecule has 1 aliphatic rings. The van der Waals surface area contributed by atoms with Gasteiger partial charge in [-0.1, -0.05) is 30.3 Å². The number of carbonyl (C=O) groups is 1. The number of rotatable bonds is 7. The molecular weight excluding hydrogens is 400 g/mol. The Bertz CT molecular complexity index is 1060. The van der Waals surface area contributed by atoms with Crippen molar-refractivity contribution < 1.29 is 14.3 Å². The minimum Gasteiger partial charge on any atom is -0.493 e. The average molecular weight is 429 g/mol. The first-order valence-corrected chi connectivity index (χ1v) is 11.0. The van der Waals surface area contributed by atoms with Gasteiger partial charge in [0.15, 0.2) is 11.5 Å². The highest BCUT2D eigenvalue weighted by atomic mass is 16.5. The van der Waals surface area contributed by atoms with E-state index in [1.54, 1.807) is 13.3 Å². The van der Waals surface area contributed by atoms with Gasteiger partial charge in [0, 0.05) is 24.9 Å². The SMILES string of the molecule is COc1cc(C=Nc2ccccc2)ccc1OCc1ccc(C(=O)N2CCCCC2)cc1. The molecule has 0 N–H and O–H groups in total. The second-order valence-corrected chi connectivity index (χ2v) is 7.84. The van der Waals surface area contributed by atoms with E-state index < -0.39 is 0 Å². The third-order valence-corrected chi connectivity index (χ3v) is 5.55. The molecule has 0 atom stereocenters. The summed E-state index contributed by atoms with van der Waals surface area (Å²) in [5, 5.41) is 0. The zero-order valence-corrected chi connectivity index (χ0v) is 18.4. The first-order chi connectivity index (χ1) is 15.7. The molecule has 1 fully saturated rings.